The lowest BCUT2D eigenvalue weighted by molar-refractivity contribution is -0.125. The number of aryl methyl sites for hydroxylation is 1. The molecule has 0 aliphatic carbocycles. The molecule has 44 heavy (non-hydrogen) atoms. The molecule has 0 bridgehead atoms. The summed E-state index contributed by atoms with van der Waals surface area (Å²) >= 11 is 0. The van der Waals surface area contributed by atoms with Gasteiger partial charge in [0.2, 0.25) is 20.0 Å². The number of nitrogens with one attached hydrogen (secondary N) is 1. The number of hydrogen-bond donors (Lipinski definition) is 1. The molecule has 1 N–H and O–H groups in total. The summed E-state index contributed by atoms with van der Waals surface area (Å²) in [4.78, 5) is 13.5. The van der Waals surface area contributed by atoms with Crippen LogP contribution in [0, 0.1) is 6.92 Å². The van der Waals surface area contributed by atoms with Crippen molar-refractivity contribution in [3.05, 3.63) is 126 Å². The molecule has 10 nitrogen and oxygen atoms in total. The van der Waals surface area contributed by atoms with Crippen molar-refractivity contribution in [1.29, 1.82) is 0 Å². The molecule has 1 amide bonds. The van der Waals surface area contributed by atoms with Crippen molar-refractivity contribution in [3.8, 4) is 5.75 Å². The van der Waals surface area contributed by atoms with E-state index in [9.17, 15) is 21.6 Å². The second-order valence-corrected chi connectivity index (χ2v) is 14.0. The van der Waals surface area contributed by atoms with Crippen molar-refractivity contribution < 1.29 is 26.4 Å². The zero-order chi connectivity index (χ0) is 31.2. The van der Waals surface area contributed by atoms with Crippen LogP contribution in [0.25, 0.3) is 0 Å². The van der Waals surface area contributed by atoms with Crippen LogP contribution in [-0.4, -0.2) is 63.2 Å². The van der Waals surface area contributed by atoms with E-state index in [0.29, 0.717) is 17.9 Å². The molecule has 1 atom stereocenters. The zero-order valence-electron chi connectivity index (χ0n) is 24.0. The van der Waals surface area contributed by atoms with Gasteiger partial charge in [0.25, 0.3) is 5.91 Å². The fraction of sp³-hybridized carbons (Fsp3) is 0.188. The zero-order valence-corrected chi connectivity index (χ0v) is 25.6. The number of sulfonamides is 2. The average Bonchev–Trinajstić information content (AvgIpc) is 3.05. The van der Waals surface area contributed by atoms with Crippen LogP contribution in [0.1, 0.15) is 16.7 Å². The minimum atomic E-state index is -4.11. The maximum absolute atomic E-state index is 13.5. The molecule has 0 spiro atoms. The number of benzene rings is 4. The van der Waals surface area contributed by atoms with Crippen LogP contribution in [-0.2, 0) is 31.4 Å². The molecule has 1 fully saturated rings. The van der Waals surface area contributed by atoms with Crippen molar-refractivity contribution in [1.82, 2.24) is 14.0 Å². The first kappa shape index (κ1) is 31.1. The number of carbonyl (C=O) groups excluding carboxylic acids is 1. The quantitative estimate of drug-likeness (QED) is 0.210. The Morgan fingerprint density at radius 1 is 0.818 bits per heavy atom. The van der Waals surface area contributed by atoms with Gasteiger partial charge >= 0.3 is 0 Å². The lowest BCUT2D eigenvalue weighted by atomic mass is 10.2. The Bertz CT molecular complexity index is 1820. The van der Waals surface area contributed by atoms with Crippen LogP contribution < -0.4 is 10.2 Å². The predicted octanol–water partition coefficient (Wildman–Crippen LogP) is 3.79. The Labute approximate surface area is 257 Å². The maximum atomic E-state index is 13.5. The van der Waals surface area contributed by atoms with Gasteiger partial charge in [-0.15, -0.1) is 0 Å². The lowest BCUT2D eigenvalue weighted by Gasteiger charge is -2.38. The highest BCUT2D eigenvalue weighted by Gasteiger charge is 2.43. The third kappa shape index (κ3) is 7.22. The van der Waals surface area contributed by atoms with Gasteiger partial charge in [-0.1, -0.05) is 66.2 Å². The van der Waals surface area contributed by atoms with Gasteiger partial charge in [0.15, 0.2) is 0 Å². The van der Waals surface area contributed by atoms with E-state index in [1.54, 1.807) is 60.7 Å². The Balaban J connectivity index is 1.29. The van der Waals surface area contributed by atoms with Gasteiger partial charge in [-0.25, -0.2) is 22.3 Å². The number of amides is 1. The van der Waals surface area contributed by atoms with E-state index in [1.807, 2.05) is 31.2 Å². The molecule has 1 aliphatic rings. The highest BCUT2D eigenvalue weighted by molar-refractivity contribution is 7.89. The van der Waals surface area contributed by atoms with Crippen LogP contribution in [0.4, 0.5) is 0 Å². The van der Waals surface area contributed by atoms with Gasteiger partial charge in [-0.05, 0) is 66.6 Å². The molecule has 0 saturated carbocycles. The van der Waals surface area contributed by atoms with E-state index in [2.05, 4.69) is 10.5 Å². The summed E-state index contributed by atoms with van der Waals surface area (Å²) < 4.78 is 61.7. The summed E-state index contributed by atoms with van der Waals surface area (Å²) in [6.45, 7) is 1.74. The topological polar surface area (TPSA) is 125 Å². The van der Waals surface area contributed by atoms with Crippen LogP contribution in [0.15, 0.2) is 124 Å². The summed E-state index contributed by atoms with van der Waals surface area (Å²) in [5.74, 6) is -0.0952. The molecule has 4 aromatic rings. The summed E-state index contributed by atoms with van der Waals surface area (Å²) in [6, 6.07) is 29.3. The fourth-order valence-electron chi connectivity index (χ4n) is 4.68. The fourth-order valence-corrected chi connectivity index (χ4v) is 7.73. The van der Waals surface area contributed by atoms with E-state index in [1.165, 1.54) is 36.0 Å². The molecule has 4 aromatic carbocycles. The third-order valence-electron chi connectivity index (χ3n) is 7.12. The molecule has 0 aromatic heterocycles. The molecule has 1 saturated heterocycles. The number of piperazine rings is 1. The Hall–Kier alpha value is -4.36. The highest BCUT2D eigenvalue weighted by Crippen LogP contribution is 2.25. The smallest absolute Gasteiger partial charge is 0.259 e. The molecule has 5 rings (SSSR count). The first-order chi connectivity index (χ1) is 21.1. The van der Waals surface area contributed by atoms with Gasteiger partial charge in [0.05, 0.1) is 16.0 Å². The van der Waals surface area contributed by atoms with Gasteiger partial charge < -0.3 is 4.74 Å². The molecule has 1 aliphatic heterocycles. The van der Waals surface area contributed by atoms with Crippen molar-refractivity contribution in [2.75, 3.05) is 19.6 Å². The summed E-state index contributed by atoms with van der Waals surface area (Å²) in [5, 5.41) is 4.03. The number of carbonyl (C=O) groups is 1. The minimum absolute atomic E-state index is 0.00496. The molecular weight excluding hydrogens is 601 g/mol. The van der Waals surface area contributed by atoms with E-state index < -0.39 is 32.0 Å². The largest absolute Gasteiger partial charge is 0.489 e. The SMILES string of the molecule is Cc1ccc(COc2ccc(/C=N\NC(=O)[C@@H]3CN(S(=O)(=O)c4ccccc4)CCN3S(=O)(=O)c3ccccc3)cc2)cc1. The molecule has 228 valence electrons. The number of hydrazone groups is 1. The van der Waals surface area contributed by atoms with Crippen molar-refractivity contribution in [2.24, 2.45) is 5.10 Å². The van der Waals surface area contributed by atoms with Gasteiger partial charge in [0.1, 0.15) is 18.4 Å². The van der Waals surface area contributed by atoms with Gasteiger partial charge in [-0.2, -0.15) is 13.7 Å². The summed E-state index contributed by atoms with van der Waals surface area (Å²) in [5.41, 5.74) is 5.29. The van der Waals surface area contributed by atoms with Crippen molar-refractivity contribution >= 4 is 32.2 Å². The second kappa shape index (κ2) is 13.5. The van der Waals surface area contributed by atoms with E-state index in [4.69, 9.17) is 4.74 Å². The first-order valence-electron chi connectivity index (χ1n) is 13.9. The number of hydrogen-bond acceptors (Lipinski definition) is 7. The van der Waals surface area contributed by atoms with E-state index >= 15 is 0 Å². The summed E-state index contributed by atoms with van der Waals surface area (Å²) in [6.07, 6.45) is 1.42. The average molecular weight is 633 g/mol. The van der Waals surface area contributed by atoms with Crippen LogP contribution in [0.5, 0.6) is 5.75 Å². The van der Waals surface area contributed by atoms with Crippen LogP contribution >= 0.6 is 0 Å². The normalized spacial score (nSPS) is 16.5. The van der Waals surface area contributed by atoms with Crippen LogP contribution in [0.2, 0.25) is 0 Å². The Morgan fingerprint density at radius 3 is 2.02 bits per heavy atom. The van der Waals surface area contributed by atoms with Gasteiger partial charge in [0, 0.05) is 19.6 Å². The first-order valence-corrected chi connectivity index (χ1v) is 16.8. The molecule has 12 heteroatoms. The third-order valence-corrected chi connectivity index (χ3v) is 10.9. The predicted molar refractivity (Wildman–Crippen MR) is 167 cm³/mol. The van der Waals surface area contributed by atoms with Crippen molar-refractivity contribution in [2.45, 2.75) is 29.4 Å². The maximum Gasteiger partial charge on any atom is 0.259 e. The monoisotopic (exact) mass is 632 g/mol. The van der Waals surface area contributed by atoms with Crippen molar-refractivity contribution in [3.63, 3.8) is 0 Å². The lowest BCUT2D eigenvalue weighted by Crippen LogP contribution is -2.60. The van der Waals surface area contributed by atoms with Crippen LogP contribution in [0.3, 0.4) is 0 Å². The second-order valence-electron chi connectivity index (χ2n) is 10.2. The molecule has 0 radical (unpaired) electrons. The number of ether oxygens (including phenoxy) is 1. The Kier molecular flexibility index (Phi) is 9.55. The van der Waals surface area contributed by atoms with E-state index in [-0.39, 0.29) is 29.4 Å². The molecule has 1 heterocycles. The summed E-state index contributed by atoms with van der Waals surface area (Å²) in [7, 11) is -8.09. The molecular formula is C32H32N4O6S2. The highest BCUT2D eigenvalue weighted by atomic mass is 32.2. The standard InChI is InChI=1S/C32H32N4O6S2/c1-25-12-14-27(15-13-25)24-42-28-18-16-26(17-19-28)22-33-34-32(37)31-23-35(43(38,39)29-8-4-2-5-9-29)20-21-36(31)44(40,41)30-10-6-3-7-11-30/h2-19,22,31H,20-21,23-24H2,1H3,(H,34,37)/b33-22-/t31-/m0/s1. The number of nitrogens with zero attached hydrogens (tertiary/aromatic N) is 3. The van der Waals surface area contributed by atoms with Gasteiger partial charge in [-0.3, -0.25) is 4.79 Å². The minimum Gasteiger partial charge on any atom is -0.489 e. The molecule has 0 unspecified atom stereocenters. The van der Waals surface area contributed by atoms with E-state index in [0.717, 1.165) is 14.2 Å². The number of rotatable bonds is 10. The Morgan fingerprint density at radius 2 is 1.41 bits per heavy atom.